The van der Waals surface area contributed by atoms with Crippen LogP contribution in [-0.4, -0.2) is 9.97 Å². The summed E-state index contributed by atoms with van der Waals surface area (Å²) in [5.41, 5.74) is 13.7. The summed E-state index contributed by atoms with van der Waals surface area (Å²) in [5.74, 6) is 3.12. The van der Waals surface area contributed by atoms with E-state index in [4.69, 9.17) is 19.4 Å². The number of benzene rings is 10. The van der Waals surface area contributed by atoms with Crippen molar-refractivity contribution >= 4 is 77.7 Å². The van der Waals surface area contributed by atoms with E-state index >= 15 is 0 Å². The second kappa shape index (κ2) is 14.5. The van der Waals surface area contributed by atoms with Crippen LogP contribution in [0.4, 0.5) is 34.1 Å². The number of anilines is 6. The van der Waals surface area contributed by atoms with Gasteiger partial charge in [-0.3, -0.25) is 0 Å². The molecule has 0 spiro atoms. The van der Waals surface area contributed by atoms with Crippen LogP contribution in [0.15, 0.2) is 194 Å². The fourth-order valence-electron chi connectivity index (χ4n) is 9.57. The highest BCUT2D eigenvalue weighted by Crippen LogP contribution is 2.53. The zero-order valence-electron chi connectivity index (χ0n) is 35.0. The molecule has 0 aliphatic carbocycles. The van der Waals surface area contributed by atoms with Crippen molar-refractivity contribution in [2.24, 2.45) is 0 Å². The number of hydrogen-bond donors (Lipinski definition) is 0. The lowest BCUT2D eigenvalue weighted by Gasteiger charge is -2.33. The van der Waals surface area contributed by atoms with E-state index in [0.717, 1.165) is 123 Å². The summed E-state index contributed by atoms with van der Waals surface area (Å²) in [6.45, 7) is 0. The Kier molecular flexibility index (Phi) is 8.17. The predicted octanol–water partition coefficient (Wildman–Crippen LogP) is 15.3. The van der Waals surface area contributed by atoms with E-state index in [1.165, 1.54) is 0 Å². The summed E-state index contributed by atoms with van der Waals surface area (Å²) >= 11 is 0. The largest absolute Gasteiger partial charge is 0.453 e. The van der Waals surface area contributed by atoms with Gasteiger partial charge in [0.15, 0.2) is 23.0 Å². The van der Waals surface area contributed by atoms with Crippen molar-refractivity contribution in [1.82, 2.24) is 9.97 Å². The van der Waals surface area contributed by atoms with Crippen LogP contribution < -0.4 is 19.3 Å². The first-order chi connectivity index (χ1) is 32.6. The van der Waals surface area contributed by atoms with E-state index in [-0.39, 0.29) is 0 Å². The average Bonchev–Trinajstić information content (AvgIpc) is 3.38. The van der Waals surface area contributed by atoms with Gasteiger partial charge < -0.3 is 19.3 Å². The maximum absolute atomic E-state index is 9.61. The van der Waals surface area contributed by atoms with Crippen LogP contribution in [0.25, 0.3) is 65.9 Å². The zero-order chi connectivity index (χ0) is 43.9. The second-order valence-corrected chi connectivity index (χ2v) is 16.4. The summed E-state index contributed by atoms with van der Waals surface area (Å²) in [4.78, 5) is 15.5. The first kappa shape index (κ1) is 37.1. The quantitative estimate of drug-likeness (QED) is 0.128. The number of para-hydroxylation sites is 8. The molecule has 0 fully saturated rings. The molecular weight excluding hydrogens is 813 g/mol. The Bertz CT molecular complexity index is 3580. The van der Waals surface area contributed by atoms with Gasteiger partial charge in [0.2, 0.25) is 0 Å². The molecule has 3 heterocycles. The van der Waals surface area contributed by atoms with Gasteiger partial charge in [-0.05, 0) is 142 Å². The van der Waals surface area contributed by atoms with Crippen LogP contribution in [-0.2, 0) is 0 Å². The Morgan fingerprint density at radius 3 is 1.06 bits per heavy atom. The normalized spacial score (nSPS) is 12.4. The minimum absolute atomic E-state index is 0.581. The van der Waals surface area contributed by atoms with Crippen LogP contribution in [0.5, 0.6) is 23.0 Å². The van der Waals surface area contributed by atoms with Crippen molar-refractivity contribution in [1.29, 1.82) is 10.5 Å². The lowest BCUT2D eigenvalue weighted by atomic mass is 9.92. The lowest BCUT2D eigenvalue weighted by Crippen LogP contribution is -2.16. The van der Waals surface area contributed by atoms with Crippen molar-refractivity contribution in [3.8, 4) is 57.4 Å². The van der Waals surface area contributed by atoms with Crippen molar-refractivity contribution in [2.45, 2.75) is 0 Å². The molecule has 0 saturated carbocycles. The Labute approximate surface area is 378 Å². The molecule has 0 atom stereocenters. The van der Waals surface area contributed by atoms with Gasteiger partial charge >= 0.3 is 0 Å². The van der Waals surface area contributed by atoms with E-state index in [9.17, 15) is 10.5 Å². The lowest BCUT2D eigenvalue weighted by molar-refractivity contribution is 0.477. The van der Waals surface area contributed by atoms with E-state index in [0.29, 0.717) is 11.1 Å². The van der Waals surface area contributed by atoms with E-state index in [1.807, 2.05) is 121 Å². The Morgan fingerprint density at radius 2 is 0.712 bits per heavy atom. The Hall–Kier alpha value is -9.50. The monoisotopic (exact) mass is 844 g/mol. The summed E-state index contributed by atoms with van der Waals surface area (Å²) in [7, 11) is 0. The molecule has 0 amide bonds. The first-order valence-electron chi connectivity index (χ1n) is 21.6. The number of fused-ring (bicyclic) bond motifs is 11. The molecule has 10 aromatic carbocycles. The molecule has 0 unspecified atom stereocenters. The van der Waals surface area contributed by atoms with Crippen LogP contribution in [0.3, 0.4) is 0 Å². The minimum atomic E-state index is 0.581. The molecule has 8 heteroatoms. The third-order valence-corrected chi connectivity index (χ3v) is 12.6. The molecule has 1 aromatic heterocycles. The maximum atomic E-state index is 9.61. The van der Waals surface area contributed by atoms with Gasteiger partial charge in [-0.25, -0.2) is 9.97 Å². The van der Waals surface area contributed by atoms with Crippen LogP contribution in [0.1, 0.15) is 11.1 Å². The minimum Gasteiger partial charge on any atom is -0.453 e. The van der Waals surface area contributed by atoms with Gasteiger partial charge in [0.1, 0.15) is 0 Å². The summed E-state index contributed by atoms with van der Waals surface area (Å²) in [6, 6.07) is 69.6. The van der Waals surface area contributed by atoms with E-state index < -0.39 is 0 Å². The topological polar surface area (TPSA) is 98.3 Å². The molecule has 0 saturated heterocycles. The number of aromatic nitrogens is 2. The third-order valence-electron chi connectivity index (χ3n) is 12.6. The van der Waals surface area contributed by atoms with E-state index in [1.54, 1.807) is 0 Å². The van der Waals surface area contributed by atoms with Crippen molar-refractivity contribution in [3.63, 3.8) is 0 Å². The van der Waals surface area contributed by atoms with E-state index in [2.05, 4.69) is 94.7 Å². The molecule has 306 valence electrons. The van der Waals surface area contributed by atoms with Crippen molar-refractivity contribution in [2.75, 3.05) is 9.80 Å². The van der Waals surface area contributed by atoms with Gasteiger partial charge in [-0.2, -0.15) is 10.5 Å². The predicted molar refractivity (Wildman–Crippen MR) is 262 cm³/mol. The molecular formula is C58H32N6O2. The molecule has 2 aliphatic heterocycles. The van der Waals surface area contributed by atoms with Crippen molar-refractivity contribution in [3.05, 3.63) is 205 Å². The van der Waals surface area contributed by atoms with Gasteiger partial charge in [0, 0.05) is 22.1 Å². The smallest absolute Gasteiger partial charge is 0.151 e. The summed E-state index contributed by atoms with van der Waals surface area (Å²) in [5, 5.41) is 23.2. The summed E-state index contributed by atoms with van der Waals surface area (Å²) < 4.78 is 12.8. The highest BCUT2D eigenvalue weighted by molar-refractivity contribution is 6.25. The highest BCUT2D eigenvalue weighted by Gasteiger charge is 2.28. The van der Waals surface area contributed by atoms with Crippen LogP contribution in [0.2, 0.25) is 0 Å². The molecule has 0 radical (unpaired) electrons. The SMILES string of the molecule is N#Cc1ccc(-c2cc3nc4c5ccc(N6c7ccccc7Oc7ccccc76)cc5c5cc(N6c7ccccc7Oc7ccccc76)ccc5c4nc3cc2-c2ccc(C#N)cc2)cc1. The number of nitrogens with zero attached hydrogens (tertiary/aromatic N) is 6. The highest BCUT2D eigenvalue weighted by atomic mass is 16.5. The number of rotatable bonds is 4. The van der Waals surface area contributed by atoms with Gasteiger partial charge in [0.25, 0.3) is 0 Å². The molecule has 0 bridgehead atoms. The average molecular weight is 845 g/mol. The second-order valence-electron chi connectivity index (χ2n) is 16.4. The van der Waals surface area contributed by atoms with Gasteiger partial charge in [0.05, 0.1) is 68.1 Å². The standard InChI is InChI=1S/C58H32N6O2/c59-33-35-17-21-37(22-18-35)43-31-47-48(32-44(43)38-23-19-36(34-60)20-24-38)62-58-42-28-26-40(64-51-11-3-7-15-55(51)66-56-16-8-4-12-52(56)64)30-46(42)45-29-39(25-27-41(45)57(58)61-47)63-49-9-1-5-13-53(49)65-54-14-6-2-10-50(54)63/h1-32H. The fraction of sp³-hybridized carbons (Fsp3) is 0. The van der Waals surface area contributed by atoms with Gasteiger partial charge in [-0.1, -0.05) is 84.9 Å². The fourth-order valence-corrected chi connectivity index (χ4v) is 9.57. The van der Waals surface area contributed by atoms with Crippen LogP contribution in [0, 0.1) is 22.7 Å². The number of nitriles is 2. The number of hydrogen-bond acceptors (Lipinski definition) is 8. The molecule has 0 N–H and O–H groups in total. The molecule has 11 aromatic rings. The molecule has 8 nitrogen and oxygen atoms in total. The zero-order valence-corrected chi connectivity index (χ0v) is 35.0. The number of ether oxygens (including phenoxy) is 2. The van der Waals surface area contributed by atoms with Gasteiger partial charge in [-0.15, -0.1) is 0 Å². The Morgan fingerprint density at radius 1 is 0.364 bits per heavy atom. The first-order valence-corrected chi connectivity index (χ1v) is 21.6. The van der Waals surface area contributed by atoms with Crippen LogP contribution >= 0.6 is 0 Å². The maximum Gasteiger partial charge on any atom is 0.151 e. The van der Waals surface area contributed by atoms with Crippen molar-refractivity contribution < 1.29 is 9.47 Å². The molecule has 66 heavy (non-hydrogen) atoms. The summed E-state index contributed by atoms with van der Waals surface area (Å²) in [6.07, 6.45) is 0. The molecule has 13 rings (SSSR count). The Balaban J connectivity index is 1.10. The third kappa shape index (κ3) is 5.76. The molecule has 2 aliphatic rings.